The lowest BCUT2D eigenvalue weighted by Crippen LogP contribution is -2.61. The molecule has 9 heteroatoms. The number of thiocarbonyl (C=S) groups is 1. The van der Waals surface area contributed by atoms with Crippen molar-refractivity contribution in [3.63, 3.8) is 0 Å². The zero-order chi connectivity index (χ0) is 21.7. The summed E-state index contributed by atoms with van der Waals surface area (Å²) < 4.78 is 47.9. The van der Waals surface area contributed by atoms with Gasteiger partial charge in [0.1, 0.15) is 17.4 Å². The average Bonchev–Trinajstić information content (AvgIpc) is 2.70. The highest BCUT2D eigenvalue weighted by atomic mass is 79.9. The Morgan fingerprint density at radius 1 is 1.38 bits per heavy atom. The van der Waals surface area contributed by atoms with Gasteiger partial charge >= 0.3 is 11.9 Å². The van der Waals surface area contributed by atoms with Crippen molar-refractivity contribution in [2.75, 3.05) is 12.9 Å². The summed E-state index contributed by atoms with van der Waals surface area (Å²) in [5, 5.41) is 0. The minimum atomic E-state index is -3.91. The molecule has 1 saturated carbocycles. The summed E-state index contributed by atoms with van der Waals surface area (Å²) in [6.07, 6.45) is 3.46. The molecule has 0 N–H and O–H groups in total. The number of rotatable bonds is 9. The summed E-state index contributed by atoms with van der Waals surface area (Å²) in [7, 11) is 0. The number of ether oxygens (including phenoxy) is 3. The second-order valence-corrected chi connectivity index (χ2v) is 8.85. The number of carbonyl (C=O) groups excluding carboxylic acids is 1. The van der Waals surface area contributed by atoms with Crippen LogP contribution in [0.1, 0.15) is 38.2 Å². The third kappa shape index (κ3) is 4.88. The maximum atomic E-state index is 15.4. The van der Waals surface area contributed by atoms with Gasteiger partial charge in [0, 0.05) is 10.0 Å². The predicted octanol–water partition coefficient (Wildman–Crippen LogP) is 5.93. The van der Waals surface area contributed by atoms with Gasteiger partial charge in [-0.2, -0.15) is 8.78 Å². The van der Waals surface area contributed by atoms with Crippen molar-refractivity contribution in [3.05, 3.63) is 28.2 Å². The SMILES string of the molecule is CCOC(=O)C(F)(F)C(OC=S)(SC)C1CCCCC1Oc1cccc(Br)c1C. The van der Waals surface area contributed by atoms with E-state index in [4.69, 9.17) is 21.7 Å². The first-order chi connectivity index (χ1) is 13.7. The van der Waals surface area contributed by atoms with Crippen molar-refractivity contribution in [1.82, 2.24) is 0 Å². The van der Waals surface area contributed by atoms with E-state index in [1.807, 2.05) is 19.1 Å². The van der Waals surface area contributed by atoms with E-state index in [1.54, 1.807) is 6.07 Å². The lowest BCUT2D eigenvalue weighted by Gasteiger charge is -2.46. The van der Waals surface area contributed by atoms with Gasteiger partial charge in [-0.1, -0.05) is 28.4 Å². The topological polar surface area (TPSA) is 44.8 Å². The third-order valence-corrected chi connectivity index (χ3v) is 7.40. The molecule has 0 radical (unpaired) electrons. The van der Waals surface area contributed by atoms with E-state index in [2.05, 4.69) is 20.7 Å². The minimum absolute atomic E-state index is 0.154. The fourth-order valence-corrected chi connectivity index (χ4v) is 5.33. The molecule has 0 bridgehead atoms. The largest absolute Gasteiger partial charge is 0.490 e. The fraction of sp³-hybridized carbons (Fsp3) is 0.600. The van der Waals surface area contributed by atoms with E-state index in [0.29, 0.717) is 18.6 Å². The maximum absolute atomic E-state index is 15.4. The van der Waals surface area contributed by atoms with Gasteiger partial charge in [0.15, 0.2) is 0 Å². The quantitative estimate of drug-likeness (QED) is 0.233. The van der Waals surface area contributed by atoms with Crippen LogP contribution in [0.15, 0.2) is 22.7 Å². The molecule has 29 heavy (non-hydrogen) atoms. The van der Waals surface area contributed by atoms with E-state index in [9.17, 15) is 4.79 Å². The maximum Gasteiger partial charge on any atom is 0.391 e. The van der Waals surface area contributed by atoms with Gasteiger partial charge in [0.2, 0.25) is 4.93 Å². The molecule has 0 spiro atoms. The van der Waals surface area contributed by atoms with Crippen LogP contribution >= 0.6 is 39.9 Å². The van der Waals surface area contributed by atoms with Crippen LogP contribution in [0.5, 0.6) is 5.75 Å². The Morgan fingerprint density at radius 2 is 2.07 bits per heavy atom. The highest BCUT2D eigenvalue weighted by Crippen LogP contribution is 2.52. The lowest BCUT2D eigenvalue weighted by atomic mass is 9.79. The summed E-state index contributed by atoms with van der Waals surface area (Å²) in [5.41, 5.74) is 1.68. The van der Waals surface area contributed by atoms with Gasteiger partial charge in [0.05, 0.1) is 12.5 Å². The van der Waals surface area contributed by atoms with Gasteiger partial charge < -0.3 is 14.2 Å². The number of benzene rings is 1. The zero-order valence-electron chi connectivity index (χ0n) is 16.6. The van der Waals surface area contributed by atoms with E-state index >= 15 is 8.78 Å². The molecule has 0 saturated heterocycles. The first kappa shape index (κ1) is 24.3. The molecule has 2 rings (SSSR count). The van der Waals surface area contributed by atoms with Crippen LogP contribution in [0.4, 0.5) is 8.78 Å². The number of carbonyl (C=O) groups is 1. The Morgan fingerprint density at radius 3 is 2.69 bits per heavy atom. The Kier molecular flexibility index (Phi) is 8.72. The van der Waals surface area contributed by atoms with Crippen molar-refractivity contribution in [2.24, 2.45) is 5.92 Å². The number of hydrogen-bond donors (Lipinski definition) is 0. The number of esters is 1. The molecule has 3 atom stereocenters. The predicted molar refractivity (Wildman–Crippen MR) is 118 cm³/mol. The normalized spacial score (nSPS) is 21.7. The Bertz CT molecular complexity index is 734. The molecule has 1 aliphatic carbocycles. The number of alkyl halides is 2. The second-order valence-electron chi connectivity index (χ2n) is 6.79. The molecule has 0 aliphatic heterocycles. The molecular weight excluding hydrogens is 486 g/mol. The van der Waals surface area contributed by atoms with Crippen LogP contribution in [-0.4, -0.2) is 41.3 Å². The van der Waals surface area contributed by atoms with Crippen LogP contribution in [0.25, 0.3) is 0 Å². The fourth-order valence-electron chi connectivity index (χ4n) is 3.71. The molecule has 0 amide bonds. The number of halogens is 3. The molecule has 1 fully saturated rings. The summed E-state index contributed by atoms with van der Waals surface area (Å²) in [6.45, 7) is 3.22. The van der Waals surface area contributed by atoms with E-state index in [-0.39, 0.29) is 6.61 Å². The molecule has 3 unspecified atom stereocenters. The monoisotopic (exact) mass is 510 g/mol. The highest BCUT2D eigenvalue weighted by Gasteiger charge is 2.67. The van der Waals surface area contributed by atoms with Gasteiger partial charge in [-0.3, -0.25) is 0 Å². The van der Waals surface area contributed by atoms with Crippen LogP contribution in [0, 0.1) is 12.8 Å². The first-order valence-electron chi connectivity index (χ1n) is 9.38. The standard InChI is InChI=1S/C20H25BrF2O4S2/c1-4-25-18(24)19(22,23)20(29-3,26-12-28)14-8-5-6-10-17(14)27-16-11-7-9-15(21)13(16)2/h7,9,11-12,14,17H,4-6,8,10H2,1-3H3. The summed E-state index contributed by atoms with van der Waals surface area (Å²) >= 11 is 9.00. The van der Waals surface area contributed by atoms with Crippen LogP contribution < -0.4 is 4.74 Å². The number of thioether (sulfide) groups is 1. The summed E-state index contributed by atoms with van der Waals surface area (Å²) in [5.74, 6) is -5.70. The van der Waals surface area contributed by atoms with E-state index < -0.39 is 28.8 Å². The Balaban J connectivity index is 2.47. The highest BCUT2D eigenvalue weighted by molar-refractivity contribution is 9.10. The van der Waals surface area contributed by atoms with Crippen molar-refractivity contribution < 1.29 is 27.8 Å². The van der Waals surface area contributed by atoms with Crippen LogP contribution in [0.3, 0.4) is 0 Å². The molecule has 4 nitrogen and oxygen atoms in total. The molecular formula is C20H25BrF2O4S2. The van der Waals surface area contributed by atoms with E-state index in [1.165, 1.54) is 13.2 Å². The van der Waals surface area contributed by atoms with E-state index in [0.717, 1.165) is 40.2 Å². The van der Waals surface area contributed by atoms with Gasteiger partial charge in [-0.25, -0.2) is 4.79 Å². The van der Waals surface area contributed by atoms with Crippen LogP contribution in [0.2, 0.25) is 0 Å². The smallest absolute Gasteiger partial charge is 0.391 e. The minimum Gasteiger partial charge on any atom is -0.490 e. The van der Waals surface area contributed by atoms with Crippen molar-refractivity contribution in [1.29, 1.82) is 0 Å². The lowest BCUT2D eigenvalue weighted by molar-refractivity contribution is -0.204. The molecule has 162 valence electrons. The van der Waals surface area contributed by atoms with Gasteiger partial charge in [-0.15, -0.1) is 11.8 Å². The molecule has 0 aromatic heterocycles. The molecule has 1 aliphatic rings. The van der Waals surface area contributed by atoms with Crippen molar-refractivity contribution >= 4 is 51.4 Å². The Hall–Kier alpha value is -0.930. The number of hydrogen-bond acceptors (Lipinski definition) is 6. The van der Waals surface area contributed by atoms with Crippen molar-refractivity contribution in [3.8, 4) is 5.75 Å². The van der Waals surface area contributed by atoms with Crippen LogP contribution in [-0.2, 0) is 14.3 Å². The average molecular weight is 511 g/mol. The van der Waals surface area contributed by atoms with Crippen molar-refractivity contribution in [2.45, 2.75) is 56.5 Å². The summed E-state index contributed by atoms with van der Waals surface area (Å²) in [4.78, 5) is 9.97. The zero-order valence-corrected chi connectivity index (χ0v) is 19.8. The van der Waals surface area contributed by atoms with Gasteiger partial charge in [0.25, 0.3) is 0 Å². The second kappa shape index (κ2) is 10.4. The molecule has 0 heterocycles. The Labute approximate surface area is 188 Å². The third-order valence-electron chi connectivity index (χ3n) is 5.18. The molecule has 1 aromatic carbocycles. The molecule has 1 aromatic rings. The summed E-state index contributed by atoms with van der Waals surface area (Å²) in [6, 6.07) is 5.51. The van der Waals surface area contributed by atoms with Gasteiger partial charge in [-0.05, 0) is 63.7 Å². The first-order valence-corrected chi connectivity index (χ1v) is 11.9.